The minimum Gasteiger partial charge on any atom is -0.480 e. The molecule has 7 nitrogen and oxygen atoms in total. The average Bonchev–Trinajstić information content (AvgIpc) is 2.32. The van der Waals surface area contributed by atoms with Gasteiger partial charge in [0.2, 0.25) is 0 Å². The van der Waals surface area contributed by atoms with Gasteiger partial charge in [-0.15, -0.1) is 0 Å². The first-order valence-electron chi connectivity index (χ1n) is 5.94. The predicted octanol–water partition coefficient (Wildman–Crippen LogP) is 0.492. The average molecular weight is 260 g/mol. The van der Waals surface area contributed by atoms with Crippen LogP contribution in [0.15, 0.2) is 0 Å². The number of esters is 1. The smallest absolute Gasteiger partial charge is 0.326 e. The monoisotopic (exact) mass is 260 g/mol. The number of ether oxygens (including phenoxy) is 1. The van der Waals surface area contributed by atoms with E-state index in [0.29, 0.717) is 12.8 Å². The number of unbranched alkanes of at least 4 members (excludes halogenated alkanes) is 1. The summed E-state index contributed by atoms with van der Waals surface area (Å²) in [6.45, 7) is 3.54. The maximum Gasteiger partial charge on any atom is 0.326 e. The van der Waals surface area contributed by atoms with Gasteiger partial charge in [-0.05, 0) is 13.3 Å². The fourth-order valence-electron chi connectivity index (χ4n) is 1.24. The summed E-state index contributed by atoms with van der Waals surface area (Å²) in [6.07, 6.45) is 1.91. The minimum atomic E-state index is -1.09. The molecular weight excluding hydrogens is 240 g/mol. The number of urea groups is 1. The van der Waals surface area contributed by atoms with Gasteiger partial charge in [0.25, 0.3) is 0 Å². The van der Waals surface area contributed by atoms with Gasteiger partial charge in [-0.2, -0.15) is 0 Å². The van der Waals surface area contributed by atoms with Crippen LogP contribution in [0.25, 0.3) is 0 Å². The largest absolute Gasteiger partial charge is 0.480 e. The number of carbonyl (C=O) groups is 3. The molecule has 0 aliphatic heterocycles. The summed E-state index contributed by atoms with van der Waals surface area (Å²) in [7, 11) is 0. The summed E-state index contributed by atoms with van der Waals surface area (Å²) < 4.78 is 4.61. The normalized spacial score (nSPS) is 11.4. The van der Waals surface area contributed by atoms with Crippen LogP contribution in [0.2, 0.25) is 0 Å². The van der Waals surface area contributed by atoms with Crippen molar-refractivity contribution in [3.8, 4) is 0 Å². The number of rotatable bonds is 8. The van der Waals surface area contributed by atoms with Crippen molar-refractivity contribution in [1.82, 2.24) is 10.6 Å². The van der Waals surface area contributed by atoms with Crippen molar-refractivity contribution >= 4 is 18.0 Å². The van der Waals surface area contributed by atoms with Crippen molar-refractivity contribution in [3.05, 3.63) is 0 Å². The summed E-state index contributed by atoms with van der Waals surface area (Å²) in [6, 6.07) is -1.63. The summed E-state index contributed by atoms with van der Waals surface area (Å²) in [5, 5.41) is 13.4. The van der Waals surface area contributed by atoms with Crippen molar-refractivity contribution in [1.29, 1.82) is 0 Å². The molecule has 0 aromatic heterocycles. The highest BCUT2D eigenvalue weighted by molar-refractivity contribution is 5.84. The first-order valence-corrected chi connectivity index (χ1v) is 5.94. The Morgan fingerprint density at radius 2 is 1.94 bits per heavy atom. The third-order valence-electron chi connectivity index (χ3n) is 2.15. The van der Waals surface area contributed by atoms with Crippen LogP contribution in [0, 0.1) is 0 Å². The molecular formula is C11H20N2O5. The predicted molar refractivity (Wildman–Crippen MR) is 64.1 cm³/mol. The highest BCUT2D eigenvalue weighted by Crippen LogP contribution is 2.00. The molecule has 0 fully saturated rings. The molecule has 0 rings (SSSR count). The second-order valence-electron chi connectivity index (χ2n) is 3.67. The maximum atomic E-state index is 11.3. The molecule has 0 heterocycles. The summed E-state index contributed by atoms with van der Waals surface area (Å²) in [5.41, 5.74) is 0. The SMILES string of the molecule is CCCCC(NC(=O)NCC(=O)OCC)C(=O)O. The van der Waals surface area contributed by atoms with Crippen LogP contribution in [-0.4, -0.2) is 42.3 Å². The molecule has 0 bridgehead atoms. The zero-order valence-corrected chi connectivity index (χ0v) is 10.7. The number of aliphatic carboxylic acids is 1. The molecule has 0 saturated heterocycles. The zero-order valence-electron chi connectivity index (χ0n) is 10.7. The van der Waals surface area contributed by atoms with Crippen molar-refractivity contribution < 1.29 is 24.2 Å². The van der Waals surface area contributed by atoms with E-state index in [9.17, 15) is 14.4 Å². The molecule has 0 aliphatic rings. The number of nitrogens with one attached hydrogen (secondary N) is 2. The second-order valence-corrected chi connectivity index (χ2v) is 3.67. The molecule has 7 heteroatoms. The molecule has 0 radical (unpaired) electrons. The number of hydrogen-bond acceptors (Lipinski definition) is 4. The van der Waals surface area contributed by atoms with Crippen LogP contribution in [0.5, 0.6) is 0 Å². The van der Waals surface area contributed by atoms with Crippen molar-refractivity contribution in [3.63, 3.8) is 0 Å². The number of carboxylic acids is 1. The number of carbonyl (C=O) groups excluding carboxylic acids is 2. The van der Waals surface area contributed by atoms with E-state index >= 15 is 0 Å². The lowest BCUT2D eigenvalue weighted by Gasteiger charge is -2.14. The molecule has 0 spiro atoms. The number of hydrogen-bond donors (Lipinski definition) is 3. The molecule has 104 valence electrons. The summed E-state index contributed by atoms with van der Waals surface area (Å²) in [5.74, 6) is -1.65. The Kier molecular flexibility index (Phi) is 8.34. The van der Waals surface area contributed by atoms with Gasteiger partial charge in [0, 0.05) is 0 Å². The Balaban J connectivity index is 4.02. The molecule has 0 aromatic carbocycles. The first-order chi connectivity index (χ1) is 8.51. The fourth-order valence-corrected chi connectivity index (χ4v) is 1.24. The van der Waals surface area contributed by atoms with E-state index in [1.165, 1.54) is 0 Å². The molecule has 18 heavy (non-hydrogen) atoms. The van der Waals surface area contributed by atoms with Gasteiger partial charge in [0.1, 0.15) is 12.6 Å². The molecule has 3 N–H and O–H groups in total. The van der Waals surface area contributed by atoms with E-state index in [4.69, 9.17) is 5.11 Å². The number of amides is 2. The quantitative estimate of drug-likeness (QED) is 0.551. The zero-order chi connectivity index (χ0) is 14.0. The van der Waals surface area contributed by atoms with Crippen LogP contribution >= 0.6 is 0 Å². The molecule has 1 atom stereocenters. The van der Waals surface area contributed by atoms with E-state index < -0.39 is 24.0 Å². The maximum absolute atomic E-state index is 11.3. The molecule has 0 aliphatic carbocycles. The van der Waals surface area contributed by atoms with Crippen molar-refractivity contribution in [2.24, 2.45) is 0 Å². The molecule has 2 amide bonds. The summed E-state index contributed by atoms with van der Waals surface area (Å²) in [4.78, 5) is 33.1. The highest BCUT2D eigenvalue weighted by atomic mass is 16.5. The molecule has 0 saturated carbocycles. The van der Waals surface area contributed by atoms with Gasteiger partial charge < -0.3 is 20.5 Å². The van der Waals surface area contributed by atoms with E-state index in [-0.39, 0.29) is 13.2 Å². The Hall–Kier alpha value is -1.79. The molecule has 0 aromatic rings. The van der Waals surface area contributed by atoms with Crippen molar-refractivity contribution in [2.45, 2.75) is 39.2 Å². The van der Waals surface area contributed by atoms with Crippen LogP contribution in [0.3, 0.4) is 0 Å². The van der Waals surface area contributed by atoms with Crippen LogP contribution < -0.4 is 10.6 Å². The third kappa shape index (κ3) is 7.48. The number of carboxylic acid groups (broad SMARTS) is 1. The van der Waals surface area contributed by atoms with Gasteiger partial charge in [0.15, 0.2) is 0 Å². The lowest BCUT2D eigenvalue weighted by Crippen LogP contribution is -2.47. The van der Waals surface area contributed by atoms with Crippen LogP contribution in [0.4, 0.5) is 4.79 Å². The van der Waals surface area contributed by atoms with Gasteiger partial charge in [-0.3, -0.25) is 4.79 Å². The van der Waals surface area contributed by atoms with Gasteiger partial charge in [0.05, 0.1) is 6.61 Å². The Labute approximate surface area is 106 Å². The van der Waals surface area contributed by atoms with Crippen molar-refractivity contribution in [2.75, 3.05) is 13.2 Å². The van der Waals surface area contributed by atoms with E-state index in [1.54, 1.807) is 6.92 Å². The van der Waals surface area contributed by atoms with E-state index in [2.05, 4.69) is 15.4 Å². The van der Waals surface area contributed by atoms with E-state index in [1.807, 2.05) is 6.92 Å². The van der Waals surface area contributed by atoms with Gasteiger partial charge >= 0.3 is 18.0 Å². The van der Waals surface area contributed by atoms with Crippen LogP contribution in [-0.2, 0) is 14.3 Å². The Morgan fingerprint density at radius 3 is 2.44 bits per heavy atom. The highest BCUT2D eigenvalue weighted by Gasteiger charge is 2.19. The fraction of sp³-hybridized carbons (Fsp3) is 0.727. The lowest BCUT2D eigenvalue weighted by molar-refractivity contribution is -0.141. The summed E-state index contributed by atoms with van der Waals surface area (Å²) >= 11 is 0. The standard InChI is InChI=1S/C11H20N2O5/c1-3-5-6-8(10(15)16)13-11(17)12-7-9(14)18-4-2/h8H,3-7H2,1-2H3,(H,15,16)(H2,12,13,17). The Bertz CT molecular complexity index is 293. The molecule has 1 unspecified atom stereocenters. The first kappa shape index (κ1) is 16.2. The third-order valence-corrected chi connectivity index (χ3v) is 2.15. The van der Waals surface area contributed by atoms with Gasteiger partial charge in [-0.25, -0.2) is 9.59 Å². The Morgan fingerprint density at radius 1 is 1.28 bits per heavy atom. The lowest BCUT2D eigenvalue weighted by atomic mass is 10.1. The van der Waals surface area contributed by atoms with Gasteiger partial charge in [-0.1, -0.05) is 19.8 Å². The van der Waals surface area contributed by atoms with E-state index in [0.717, 1.165) is 6.42 Å². The minimum absolute atomic E-state index is 0.233. The second kappa shape index (κ2) is 9.26. The topological polar surface area (TPSA) is 105 Å². The van der Waals surface area contributed by atoms with Crippen LogP contribution in [0.1, 0.15) is 33.1 Å².